The molecule has 0 heterocycles. The van der Waals surface area contributed by atoms with Crippen LogP contribution in [0.3, 0.4) is 0 Å². The van der Waals surface area contributed by atoms with E-state index in [-0.39, 0.29) is 18.4 Å². The molecule has 0 aliphatic heterocycles. The maximum atomic E-state index is 11.0. The van der Waals surface area contributed by atoms with Crippen molar-refractivity contribution in [3.63, 3.8) is 0 Å². The van der Waals surface area contributed by atoms with Crippen molar-refractivity contribution in [3.8, 4) is 0 Å². The summed E-state index contributed by atoms with van der Waals surface area (Å²) < 4.78 is 48.7. The quantitative estimate of drug-likeness (QED) is 0.0676. The minimum atomic E-state index is -0.602. The van der Waals surface area contributed by atoms with Gasteiger partial charge in [-0.1, -0.05) is 194 Å². The second kappa shape index (κ2) is 24.1. The van der Waals surface area contributed by atoms with E-state index in [1.54, 1.807) is 0 Å². The van der Waals surface area contributed by atoms with Crippen molar-refractivity contribution in [1.29, 1.82) is 0 Å². The Hall–Kier alpha value is -5.26. The second-order valence-electron chi connectivity index (χ2n) is 16.7. The van der Waals surface area contributed by atoms with Gasteiger partial charge >= 0.3 is 0 Å². The van der Waals surface area contributed by atoms with Gasteiger partial charge in [0, 0.05) is 11.8 Å². The number of hydrogen-bond donors (Lipinski definition) is 1. The van der Waals surface area contributed by atoms with Gasteiger partial charge in [-0.2, -0.15) is 0 Å². The van der Waals surface area contributed by atoms with E-state index < -0.39 is 42.7 Å². The number of aliphatic hydroxyl groups is 1. The molecule has 1 fully saturated rings. The van der Waals surface area contributed by atoms with Gasteiger partial charge in [0.2, 0.25) is 0 Å². The first-order valence-electron chi connectivity index (χ1n) is 22.5. The summed E-state index contributed by atoms with van der Waals surface area (Å²) >= 11 is 0. The molecule has 8 heteroatoms. The fourth-order valence-corrected chi connectivity index (χ4v) is 8.67. The molecule has 2 aliphatic carbocycles. The van der Waals surface area contributed by atoms with Crippen molar-refractivity contribution in [2.24, 2.45) is 11.8 Å². The maximum Gasteiger partial charge on any atom is 0.114 e. The van der Waals surface area contributed by atoms with Crippen molar-refractivity contribution < 1.29 is 38.3 Å². The van der Waals surface area contributed by atoms with Gasteiger partial charge in [-0.3, -0.25) is 0 Å². The van der Waals surface area contributed by atoms with E-state index in [4.69, 9.17) is 33.2 Å². The molecule has 8 rings (SSSR count). The van der Waals surface area contributed by atoms with E-state index in [9.17, 15) is 5.11 Å². The third kappa shape index (κ3) is 12.9. The molecule has 1 saturated carbocycles. The van der Waals surface area contributed by atoms with Crippen molar-refractivity contribution in [3.05, 3.63) is 228 Å². The molecule has 0 radical (unpaired) electrons. The minimum Gasteiger partial charge on any atom is -0.396 e. The molecule has 9 atom stereocenters. The third-order valence-corrected chi connectivity index (χ3v) is 12.0. The van der Waals surface area contributed by atoms with E-state index in [2.05, 4.69) is 72.8 Å². The highest BCUT2D eigenvalue weighted by molar-refractivity contribution is 5.19. The minimum absolute atomic E-state index is 0.139. The highest BCUT2D eigenvalue weighted by atomic mass is 16.6. The number of ether oxygens (including phenoxy) is 7. The Labute approximate surface area is 378 Å². The van der Waals surface area contributed by atoms with Crippen LogP contribution in [0, 0.1) is 11.8 Å². The Morgan fingerprint density at radius 1 is 0.375 bits per heavy atom. The fraction of sp³-hybridized carbons (Fsp3) is 0.321. The Morgan fingerprint density at radius 2 is 0.750 bits per heavy atom. The Morgan fingerprint density at radius 3 is 1.19 bits per heavy atom. The topological polar surface area (TPSA) is 84.8 Å². The number of aliphatic hydroxyl groups excluding tert-OH is 1. The summed E-state index contributed by atoms with van der Waals surface area (Å²) in [7, 11) is 0. The van der Waals surface area contributed by atoms with Crippen LogP contribution in [0.5, 0.6) is 0 Å². The van der Waals surface area contributed by atoms with Crippen molar-refractivity contribution in [2.75, 3.05) is 13.2 Å². The van der Waals surface area contributed by atoms with Crippen LogP contribution in [0.1, 0.15) is 39.8 Å². The van der Waals surface area contributed by atoms with E-state index >= 15 is 0 Å². The zero-order valence-corrected chi connectivity index (χ0v) is 36.3. The Balaban J connectivity index is 1.15. The molecular weight excluding hydrogens is 801 g/mol. The van der Waals surface area contributed by atoms with Crippen LogP contribution in [-0.4, -0.2) is 61.0 Å². The standard InChI is InChI=1S/C56H60O8/c57-34-48-31-32-50(59-36-43-21-9-2-10-22-43)54(61-38-45-25-13-4-14-26-45)53(48)64-51-33-49(41-58-35-42-19-7-1-8-20-42)52(60-37-44-23-11-3-12-24-44)56(63-40-47-29-17-6-18-30-47)55(51)62-39-46-27-15-5-16-28-46/h1-32,48-57H,33-41H2. The Kier molecular flexibility index (Phi) is 17.1. The molecular formula is C56H60O8. The van der Waals surface area contributed by atoms with Crippen LogP contribution in [0.25, 0.3) is 0 Å². The van der Waals surface area contributed by atoms with E-state index in [0.29, 0.717) is 52.7 Å². The van der Waals surface area contributed by atoms with Crippen LogP contribution >= 0.6 is 0 Å². The summed E-state index contributed by atoms with van der Waals surface area (Å²) in [6.45, 7) is 2.51. The van der Waals surface area contributed by atoms with Gasteiger partial charge in [0.05, 0.1) is 71.2 Å². The summed E-state index contributed by atoms with van der Waals surface area (Å²) in [5.41, 5.74) is 6.31. The summed E-state index contributed by atoms with van der Waals surface area (Å²) in [5, 5.41) is 11.0. The molecule has 2 aliphatic rings. The molecule has 8 nitrogen and oxygen atoms in total. The molecule has 64 heavy (non-hydrogen) atoms. The predicted octanol–water partition coefficient (Wildman–Crippen LogP) is 10.1. The lowest BCUT2D eigenvalue weighted by molar-refractivity contribution is -0.257. The summed E-state index contributed by atoms with van der Waals surface area (Å²) in [6.07, 6.45) is 0.848. The summed E-state index contributed by atoms with van der Waals surface area (Å²) in [6, 6.07) is 61.1. The largest absolute Gasteiger partial charge is 0.396 e. The van der Waals surface area contributed by atoms with Gasteiger partial charge in [-0.05, 0) is 39.8 Å². The highest BCUT2D eigenvalue weighted by Gasteiger charge is 2.50. The normalized spacial score (nSPS) is 24.4. The average molecular weight is 861 g/mol. The first kappa shape index (κ1) is 45.3. The fourth-order valence-electron chi connectivity index (χ4n) is 8.67. The lowest BCUT2D eigenvalue weighted by Gasteiger charge is -2.48. The smallest absolute Gasteiger partial charge is 0.114 e. The van der Waals surface area contributed by atoms with E-state index in [0.717, 1.165) is 33.4 Å². The van der Waals surface area contributed by atoms with Gasteiger partial charge in [0.1, 0.15) is 24.4 Å². The van der Waals surface area contributed by atoms with Gasteiger partial charge in [0.25, 0.3) is 0 Å². The summed E-state index contributed by atoms with van der Waals surface area (Å²) in [5.74, 6) is -0.536. The first-order chi connectivity index (χ1) is 31.7. The van der Waals surface area contributed by atoms with E-state index in [1.807, 2.05) is 121 Å². The SMILES string of the molecule is OCC1C=CC(OCc2ccccc2)C(OCc2ccccc2)C1OC1CC(COCc2ccccc2)C(OCc2ccccc2)C(OCc2ccccc2)C1OCc1ccccc1. The van der Waals surface area contributed by atoms with Gasteiger partial charge < -0.3 is 38.3 Å². The van der Waals surface area contributed by atoms with Crippen molar-refractivity contribution >= 4 is 0 Å². The van der Waals surface area contributed by atoms with Crippen molar-refractivity contribution in [1.82, 2.24) is 0 Å². The van der Waals surface area contributed by atoms with Crippen LogP contribution in [-0.2, 0) is 72.8 Å². The molecule has 332 valence electrons. The molecule has 9 unspecified atom stereocenters. The molecule has 6 aromatic rings. The van der Waals surface area contributed by atoms with E-state index in [1.165, 1.54) is 0 Å². The summed E-state index contributed by atoms with van der Waals surface area (Å²) in [4.78, 5) is 0. The van der Waals surface area contributed by atoms with Gasteiger partial charge in [-0.25, -0.2) is 0 Å². The number of rotatable bonds is 22. The first-order valence-corrected chi connectivity index (χ1v) is 22.5. The second-order valence-corrected chi connectivity index (χ2v) is 16.7. The van der Waals surface area contributed by atoms with Gasteiger partial charge in [0.15, 0.2) is 0 Å². The lowest BCUT2D eigenvalue weighted by atomic mass is 9.79. The van der Waals surface area contributed by atoms with Crippen LogP contribution in [0.2, 0.25) is 0 Å². The van der Waals surface area contributed by atoms with Crippen LogP contribution < -0.4 is 0 Å². The molecule has 0 spiro atoms. The highest BCUT2D eigenvalue weighted by Crippen LogP contribution is 2.39. The zero-order valence-electron chi connectivity index (χ0n) is 36.3. The third-order valence-electron chi connectivity index (χ3n) is 12.0. The van der Waals surface area contributed by atoms with Crippen molar-refractivity contribution in [2.45, 2.75) is 88.8 Å². The molecule has 6 aromatic carbocycles. The monoisotopic (exact) mass is 860 g/mol. The van der Waals surface area contributed by atoms with Crippen LogP contribution in [0.4, 0.5) is 0 Å². The zero-order chi connectivity index (χ0) is 43.6. The van der Waals surface area contributed by atoms with Gasteiger partial charge in [-0.15, -0.1) is 0 Å². The number of benzene rings is 6. The Bertz CT molecular complexity index is 2210. The lowest BCUT2D eigenvalue weighted by Crippen LogP contribution is -2.60. The number of hydrogen-bond acceptors (Lipinski definition) is 8. The molecule has 0 aromatic heterocycles. The molecule has 0 saturated heterocycles. The maximum absolute atomic E-state index is 11.0. The molecule has 0 amide bonds. The van der Waals surface area contributed by atoms with Crippen LogP contribution in [0.15, 0.2) is 194 Å². The molecule has 1 N–H and O–H groups in total. The predicted molar refractivity (Wildman–Crippen MR) is 248 cm³/mol. The average Bonchev–Trinajstić information content (AvgIpc) is 3.36. The molecule has 0 bridgehead atoms.